The fraction of sp³-hybridized carbons (Fsp3) is 0. The van der Waals surface area contributed by atoms with Gasteiger partial charge in [0, 0.05) is 22.7 Å². The molecule has 9 heteroatoms. The van der Waals surface area contributed by atoms with Crippen LogP contribution in [0.1, 0.15) is 15.2 Å². The highest BCUT2D eigenvalue weighted by molar-refractivity contribution is 7.16. The number of rotatable bonds is 5. The Balaban J connectivity index is 2.07. The van der Waals surface area contributed by atoms with Crippen LogP contribution in [-0.4, -0.2) is 21.9 Å². The molecule has 0 fully saturated rings. The molecule has 118 valence electrons. The zero-order valence-electron chi connectivity index (χ0n) is 11.4. The second-order valence-electron chi connectivity index (χ2n) is 4.26. The Hall–Kier alpha value is -2.71. The third kappa shape index (κ3) is 4.38. The quantitative estimate of drug-likeness (QED) is 0.484. The van der Waals surface area contributed by atoms with Crippen molar-refractivity contribution in [1.82, 2.24) is 0 Å². The molecule has 0 aliphatic rings. The summed E-state index contributed by atoms with van der Waals surface area (Å²) in [4.78, 5) is 33.3. The number of carbonyl (C=O) groups is 2. The molecule has 2 rings (SSSR count). The van der Waals surface area contributed by atoms with Gasteiger partial charge in [-0.1, -0.05) is 22.9 Å². The lowest BCUT2D eigenvalue weighted by Gasteiger charge is -2.04. The van der Waals surface area contributed by atoms with Crippen LogP contribution in [0.25, 0.3) is 6.08 Å². The summed E-state index contributed by atoms with van der Waals surface area (Å²) in [6, 6.07) is 6.95. The fourth-order valence-electron chi connectivity index (χ4n) is 1.64. The first-order valence-electron chi connectivity index (χ1n) is 6.13. The van der Waals surface area contributed by atoms with Crippen molar-refractivity contribution in [2.24, 2.45) is 0 Å². The minimum Gasteiger partial charge on any atom is -0.478 e. The first-order chi connectivity index (χ1) is 10.9. The van der Waals surface area contributed by atoms with Crippen molar-refractivity contribution < 1.29 is 19.6 Å². The van der Waals surface area contributed by atoms with Crippen molar-refractivity contribution >= 4 is 51.6 Å². The summed E-state index contributed by atoms with van der Waals surface area (Å²) >= 11 is 6.67. The Labute approximate surface area is 139 Å². The van der Waals surface area contributed by atoms with Gasteiger partial charge in [-0.15, -0.1) is 0 Å². The summed E-state index contributed by atoms with van der Waals surface area (Å²) in [6.07, 6.45) is 2.63. The van der Waals surface area contributed by atoms with Crippen LogP contribution >= 0.6 is 22.9 Å². The van der Waals surface area contributed by atoms with E-state index >= 15 is 0 Å². The Kier molecular flexibility index (Phi) is 5.09. The topological polar surface area (TPSA) is 110 Å². The van der Waals surface area contributed by atoms with E-state index in [9.17, 15) is 19.7 Å². The number of carboxylic acids is 1. The van der Waals surface area contributed by atoms with E-state index in [2.05, 4.69) is 5.32 Å². The Bertz CT molecular complexity index is 815. The molecule has 1 aromatic carbocycles. The van der Waals surface area contributed by atoms with Gasteiger partial charge in [-0.05, 0) is 30.3 Å². The molecule has 1 heterocycles. The van der Waals surface area contributed by atoms with Crippen molar-refractivity contribution in [2.45, 2.75) is 0 Å². The van der Waals surface area contributed by atoms with E-state index in [4.69, 9.17) is 16.7 Å². The zero-order chi connectivity index (χ0) is 17.0. The Morgan fingerprint density at radius 3 is 2.65 bits per heavy atom. The molecule has 0 radical (unpaired) electrons. The van der Waals surface area contributed by atoms with Crippen molar-refractivity contribution in [3.63, 3.8) is 0 Å². The van der Waals surface area contributed by atoms with Crippen molar-refractivity contribution in [2.75, 3.05) is 5.32 Å². The summed E-state index contributed by atoms with van der Waals surface area (Å²) in [5.41, 5.74) is 0.154. The van der Waals surface area contributed by atoms with Gasteiger partial charge in [-0.2, -0.15) is 0 Å². The number of benzene rings is 1. The first-order valence-corrected chi connectivity index (χ1v) is 7.32. The van der Waals surface area contributed by atoms with Gasteiger partial charge < -0.3 is 10.4 Å². The number of anilines is 1. The third-order valence-electron chi connectivity index (χ3n) is 2.66. The van der Waals surface area contributed by atoms with Gasteiger partial charge in [0.1, 0.15) is 0 Å². The SMILES string of the molecule is O=C(/C=C/c1ccc([N+](=O)[O-])s1)Nc1ccc(Cl)c(C(=O)O)c1. The number of halogens is 1. The molecule has 0 spiro atoms. The molecule has 2 aromatic rings. The average Bonchev–Trinajstić information content (AvgIpc) is 2.96. The van der Waals surface area contributed by atoms with E-state index in [0.717, 1.165) is 11.3 Å². The van der Waals surface area contributed by atoms with E-state index in [1.165, 1.54) is 42.5 Å². The van der Waals surface area contributed by atoms with Crippen molar-refractivity contribution in [1.29, 1.82) is 0 Å². The summed E-state index contributed by atoms with van der Waals surface area (Å²) in [5.74, 6) is -1.70. The number of hydrogen-bond acceptors (Lipinski definition) is 5. The normalized spacial score (nSPS) is 10.7. The minimum atomic E-state index is -1.20. The number of carboxylic acid groups (broad SMARTS) is 1. The van der Waals surface area contributed by atoms with E-state index in [1.54, 1.807) is 0 Å². The number of carbonyl (C=O) groups excluding carboxylic acids is 1. The highest BCUT2D eigenvalue weighted by Gasteiger charge is 2.11. The molecule has 0 aliphatic heterocycles. The predicted molar refractivity (Wildman–Crippen MR) is 87.0 cm³/mol. The summed E-state index contributed by atoms with van der Waals surface area (Å²) in [6.45, 7) is 0. The predicted octanol–water partition coefficient (Wildman–Crippen LogP) is 3.66. The van der Waals surface area contributed by atoms with Gasteiger partial charge in [0.25, 0.3) is 0 Å². The van der Waals surface area contributed by atoms with Crippen molar-refractivity contribution in [3.05, 3.63) is 62.0 Å². The Morgan fingerprint density at radius 1 is 1.30 bits per heavy atom. The standard InChI is InChI=1S/C14H9ClN2O5S/c15-11-4-1-8(7-10(11)14(19)20)16-12(18)5-2-9-3-6-13(23-9)17(21)22/h1-7H,(H,16,18)(H,19,20)/b5-2+. The number of amides is 1. The zero-order valence-corrected chi connectivity index (χ0v) is 12.9. The third-order valence-corrected chi connectivity index (χ3v) is 3.99. The number of aromatic carboxylic acids is 1. The van der Waals surface area contributed by atoms with Crippen LogP contribution in [0, 0.1) is 10.1 Å². The van der Waals surface area contributed by atoms with E-state index in [-0.39, 0.29) is 21.3 Å². The smallest absolute Gasteiger partial charge is 0.337 e. The maximum absolute atomic E-state index is 11.8. The van der Waals surface area contributed by atoms with Gasteiger partial charge in [0.15, 0.2) is 0 Å². The van der Waals surface area contributed by atoms with Gasteiger partial charge in [0.2, 0.25) is 5.91 Å². The second kappa shape index (κ2) is 7.03. The van der Waals surface area contributed by atoms with E-state index in [1.807, 2.05) is 0 Å². The number of nitrogens with one attached hydrogen (secondary N) is 1. The van der Waals surface area contributed by atoms with E-state index in [0.29, 0.717) is 4.88 Å². The molecule has 0 bridgehead atoms. The maximum Gasteiger partial charge on any atom is 0.337 e. The lowest BCUT2D eigenvalue weighted by molar-refractivity contribution is -0.380. The molecule has 0 saturated carbocycles. The Morgan fingerprint density at radius 2 is 2.04 bits per heavy atom. The molecule has 0 aliphatic carbocycles. The molecule has 1 aromatic heterocycles. The molecule has 2 N–H and O–H groups in total. The minimum absolute atomic E-state index is 0.0196. The number of nitro groups is 1. The van der Waals surface area contributed by atoms with Crippen LogP contribution in [0.3, 0.4) is 0 Å². The van der Waals surface area contributed by atoms with Crippen molar-refractivity contribution in [3.8, 4) is 0 Å². The van der Waals surface area contributed by atoms with Crippen LogP contribution < -0.4 is 5.32 Å². The van der Waals surface area contributed by atoms with Crippen LogP contribution in [0.2, 0.25) is 5.02 Å². The maximum atomic E-state index is 11.8. The first kappa shape index (κ1) is 16.7. The lowest BCUT2D eigenvalue weighted by atomic mass is 10.2. The molecule has 0 saturated heterocycles. The molecule has 0 unspecified atom stereocenters. The summed E-state index contributed by atoms with van der Waals surface area (Å²) in [5, 5.41) is 22.1. The van der Waals surface area contributed by atoms with Crippen LogP contribution in [0.5, 0.6) is 0 Å². The summed E-state index contributed by atoms with van der Waals surface area (Å²) in [7, 11) is 0. The average molecular weight is 353 g/mol. The van der Waals surface area contributed by atoms with Crippen LogP contribution in [0.15, 0.2) is 36.4 Å². The summed E-state index contributed by atoms with van der Waals surface area (Å²) < 4.78 is 0. The molecule has 23 heavy (non-hydrogen) atoms. The van der Waals surface area contributed by atoms with E-state index < -0.39 is 16.8 Å². The number of nitrogens with zero attached hydrogens (tertiary/aromatic N) is 1. The molecule has 7 nitrogen and oxygen atoms in total. The fourth-order valence-corrected chi connectivity index (χ4v) is 2.56. The molecular formula is C14H9ClN2O5S. The monoisotopic (exact) mass is 352 g/mol. The van der Waals surface area contributed by atoms with Gasteiger partial charge in [-0.3, -0.25) is 14.9 Å². The number of hydrogen-bond donors (Lipinski definition) is 2. The van der Waals surface area contributed by atoms with Crippen LogP contribution in [0.4, 0.5) is 10.7 Å². The lowest BCUT2D eigenvalue weighted by Crippen LogP contribution is -2.08. The molecule has 0 atom stereocenters. The second-order valence-corrected chi connectivity index (χ2v) is 5.76. The highest BCUT2D eigenvalue weighted by Crippen LogP contribution is 2.25. The molecular weight excluding hydrogens is 344 g/mol. The largest absolute Gasteiger partial charge is 0.478 e. The van der Waals surface area contributed by atoms with Gasteiger partial charge >= 0.3 is 11.0 Å². The van der Waals surface area contributed by atoms with Gasteiger partial charge in [-0.25, -0.2) is 4.79 Å². The highest BCUT2D eigenvalue weighted by atomic mass is 35.5. The number of thiophene rings is 1. The molecule has 1 amide bonds. The van der Waals surface area contributed by atoms with Gasteiger partial charge in [0.05, 0.1) is 15.5 Å². The van der Waals surface area contributed by atoms with Crippen LogP contribution in [-0.2, 0) is 4.79 Å².